The summed E-state index contributed by atoms with van der Waals surface area (Å²) in [5.41, 5.74) is 3.43. The van der Waals surface area contributed by atoms with Gasteiger partial charge in [0.25, 0.3) is 5.95 Å². The quantitative estimate of drug-likeness (QED) is 0.687. The lowest BCUT2D eigenvalue weighted by molar-refractivity contribution is -0.116. The molecule has 1 aliphatic rings. The summed E-state index contributed by atoms with van der Waals surface area (Å²) in [5, 5.41) is 7.39. The molecule has 1 unspecified atom stereocenters. The molecule has 0 spiro atoms. The highest BCUT2D eigenvalue weighted by Gasteiger charge is 2.36. The van der Waals surface area contributed by atoms with Crippen molar-refractivity contribution >= 4 is 17.5 Å². The molecule has 0 saturated carbocycles. The molecule has 1 aromatic carbocycles. The number of methoxy groups -OCH3 is 1. The van der Waals surface area contributed by atoms with Crippen molar-refractivity contribution in [3.63, 3.8) is 0 Å². The molecule has 1 N–H and O–H groups in total. The molecular weight excluding hydrogens is 370 g/mol. The maximum atomic E-state index is 13.3. The summed E-state index contributed by atoms with van der Waals surface area (Å²) in [6.07, 6.45) is 0.0588. The summed E-state index contributed by atoms with van der Waals surface area (Å²) in [4.78, 5) is 34.6. The molecule has 4 rings (SSSR count). The second-order valence-corrected chi connectivity index (χ2v) is 7.11. The number of ether oxygens (including phenoxy) is 1. The van der Waals surface area contributed by atoms with Crippen LogP contribution < -0.4 is 10.1 Å². The third kappa shape index (κ3) is 3.37. The number of amides is 1. The van der Waals surface area contributed by atoms with Crippen molar-refractivity contribution in [2.24, 2.45) is 0 Å². The number of hydrogen-bond donors (Lipinski definition) is 1. The Labute approximate surface area is 167 Å². The molecule has 0 radical (unpaired) electrons. The molecule has 2 aromatic heterocycles. The number of benzene rings is 1. The molecule has 8 heteroatoms. The van der Waals surface area contributed by atoms with Gasteiger partial charge in [-0.2, -0.15) is 9.78 Å². The first-order valence-electron chi connectivity index (χ1n) is 9.27. The summed E-state index contributed by atoms with van der Waals surface area (Å²) in [6.45, 7) is 5.56. The van der Waals surface area contributed by atoms with Crippen LogP contribution in [0.4, 0.5) is 5.82 Å². The number of anilines is 1. The number of nitrogens with one attached hydrogen (secondary N) is 1. The molecule has 1 amide bonds. The Morgan fingerprint density at radius 3 is 2.59 bits per heavy atom. The van der Waals surface area contributed by atoms with Crippen molar-refractivity contribution in [2.75, 3.05) is 12.4 Å². The van der Waals surface area contributed by atoms with Crippen LogP contribution in [-0.2, 0) is 4.79 Å². The number of rotatable bonds is 4. The topological polar surface area (TPSA) is 99.0 Å². The SMILES string of the molecule is COc1cccc(C(=O)C2CC(=O)Nc3c2c(C)nn3-c2nc(C)cc(C)n2)c1. The minimum absolute atomic E-state index is 0.0588. The predicted molar refractivity (Wildman–Crippen MR) is 107 cm³/mol. The van der Waals surface area contributed by atoms with Crippen LogP contribution in [-0.4, -0.2) is 38.5 Å². The lowest BCUT2D eigenvalue weighted by Gasteiger charge is -2.23. The number of fused-ring (bicyclic) bond motifs is 1. The Morgan fingerprint density at radius 2 is 1.90 bits per heavy atom. The number of ketones is 1. The van der Waals surface area contributed by atoms with Gasteiger partial charge in [0.2, 0.25) is 5.91 Å². The Hall–Kier alpha value is -3.55. The average Bonchev–Trinajstić information content (AvgIpc) is 3.02. The third-order valence-corrected chi connectivity index (χ3v) is 4.93. The van der Waals surface area contributed by atoms with Gasteiger partial charge in [0, 0.05) is 28.9 Å². The number of nitrogens with zero attached hydrogens (tertiary/aromatic N) is 4. The van der Waals surface area contributed by atoms with E-state index in [2.05, 4.69) is 20.4 Å². The first-order valence-corrected chi connectivity index (χ1v) is 9.27. The van der Waals surface area contributed by atoms with Crippen LogP contribution >= 0.6 is 0 Å². The molecule has 1 aliphatic heterocycles. The van der Waals surface area contributed by atoms with Crippen molar-refractivity contribution in [3.8, 4) is 11.7 Å². The van der Waals surface area contributed by atoms with Crippen LogP contribution in [0.5, 0.6) is 5.75 Å². The normalized spacial score (nSPS) is 15.6. The van der Waals surface area contributed by atoms with E-state index in [1.165, 1.54) is 4.68 Å². The predicted octanol–water partition coefficient (Wildman–Crippen LogP) is 2.90. The highest BCUT2D eigenvalue weighted by atomic mass is 16.5. The van der Waals surface area contributed by atoms with Crippen LogP contribution in [0.1, 0.15) is 45.3 Å². The summed E-state index contributed by atoms with van der Waals surface area (Å²) < 4.78 is 6.73. The highest BCUT2D eigenvalue weighted by Crippen LogP contribution is 2.38. The van der Waals surface area contributed by atoms with E-state index >= 15 is 0 Å². The summed E-state index contributed by atoms with van der Waals surface area (Å²) in [5.74, 6) is 0.373. The molecule has 0 bridgehead atoms. The van der Waals surface area contributed by atoms with Crippen molar-refractivity contribution in [3.05, 3.63) is 58.5 Å². The van der Waals surface area contributed by atoms with E-state index in [1.807, 2.05) is 26.8 Å². The Morgan fingerprint density at radius 1 is 1.17 bits per heavy atom. The number of carbonyl (C=O) groups is 2. The van der Waals surface area contributed by atoms with E-state index in [9.17, 15) is 9.59 Å². The second-order valence-electron chi connectivity index (χ2n) is 7.11. The molecule has 0 fully saturated rings. The molecule has 8 nitrogen and oxygen atoms in total. The number of Topliss-reactive ketones (excluding diaryl/α,β-unsaturated/α-hetero) is 1. The van der Waals surface area contributed by atoms with Crippen LogP contribution in [0.3, 0.4) is 0 Å². The van der Waals surface area contributed by atoms with Gasteiger partial charge >= 0.3 is 0 Å². The minimum Gasteiger partial charge on any atom is -0.497 e. The summed E-state index contributed by atoms with van der Waals surface area (Å²) in [6, 6.07) is 8.80. The van der Waals surface area contributed by atoms with Gasteiger partial charge in [-0.25, -0.2) is 9.97 Å². The van der Waals surface area contributed by atoms with Gasteiger partial charge < -0.3 is 10.1 Å². The average molecular weight is 391 g/mol. The van der Waals surface area contributed by atoms with Crippen molar-refractivity contribution < 1.29 is 14.3 Å². The fourth-order valence-electron chi connectivity index (χ4n) is 3.70. The fourth-order valence-corrected chi connectivity index (χ4v) is 3.70. The van der Waals surface area contributed by atoms with E-state index < -0.39 is 5.92 Å². The molecule has 148 valence electrons. The molecule has 0 saturated heterocycles. The molecular formula is C21H21N5O3. The maximum Gasteiger partial charge on any atom is 0.252 e. The lowest BCUT2D eigenvalue weighted by Crippen LogP contribution is -2.28. The molecule has 3 aromatic rings. The van der Waals surface area contributed by atoms with Crippen LogP contribution in [0.2, 0.25) is 0 Å². The van der Waals surface area contributed by atoms with Gasteiger partial charge in [-0.3, -0.25) is 9.59 Å². The zero-order valence-corrected chi connectivity index (χ0v) is 16.7. The van der Waals surface area contributed by atoms with Gasteiger partial charge in [0.15, 0.2) is 5.78 Å². The Bertz CT molecular complexity index is 1120. The number of aromatic nitrogens is 4. The van der Waals surface area contributed by atoms with Crippen molar-refractivity contribution in [1.82, 2.24) is 19.7 Å². The fraction of sp³-hybridized carbons (Fsp3) is 0.286. The molecule has 29 heavy (non-hydrogen) atoms. The van der Waals surface area contributed by atoms with E-state index in [-0.39, 0.29) is 18.1 Å². The molecule has 0 aliphatic carbocycles. The van der Waals surface area contributed by atoms with Crippen molar-refractivity contribution in [1.29, 1.82) is 0 Å². The van der Waals surface area contributed by atoms with Gasteiger partial charge in [0.05, 0.1) is 18.7 Å². The number of aryl methyl sites for hydroxylation is 3. The second kappa shape index (κ2) is 7.12. The van der Waals surface area contributed by atoms with Crippen LogP contribution in [0, 0.1) is 20.8 Å². The first-order chi connectivity index (χ1) is 13.9. The van der Waals surface area contributed by atoms with Gasteiger partial charge in [-0.15, -0.1) is 0 Å². The highest BCUT2D eigenvalue weighted by molar-refractivity contribution is 6.08. The summed E-state index contributed by atoms with van der Waals surface area (Å²) >= 11 is 0. The first kappa shape index (κ1) is 18.8. The van der Waals surface area contributed by atoms with Gasteiger partial charge in [-0.1, -0.05) is 12.1 Å². The smallest absolute Gasteiger partial charge is 0.252 e. The largest absolute Gasteiger partial charge is 0.497 e. The van der Waals surface area contributed by atoms with Gasteiger partial charge in [-0.05, 0) is 39.0 Å². The molecule has 1 atom stereocenters. The minimum atomic E-state index is -0.634. The molecule has 3 heterocycles. The summed E-state index contributed by atoms with van der Waals surface area (Å²) in [7, 11) is 1.55. The van der Waals surface area contributed by atoms with E-state index in [0.29, 0.717) is 34.3 Å². The number of carbonyl (C=O) groups excluding carboxylic acids is 2. The zero-order chi connectivity index (χ0) is 20.7. The number of hydrogen-bond acceptors (Lipinski definition) is 6. The van der Waals surface area contributed by atoms with E-state index in [1.54, 1.807) is 31.4 Å². The monoisotopic (exact) mass is 391 g/mol. The van der Waals surface area contributed by atoms with Gasteiger partial charge in [0.1, 0.15) is 11.6 Å². The third-order valence-electron chi connectivity index (χ3n) is 4.93. The lowest BCUT2D eigenvalue weighted by atomic mass is 9.85. The standard InChI is InChI=1S/C21H21N5O3/c1-11-8-12(2)23-21(22-11)26-20-18(13(3)25-26)16(10-17(27)24-20)19(28)14-6-5-7-15(9-14)29-4/h5-9,16H,10H2,1-4H3,(H,24,27). The van der Waals surface area contributed by atoms with Crippen molar-refractivity contribution in [2.45, 2.75) is 33.1 Å². The maximum absolute atomic E-state index is 13.3. The zero-order valence-electron chi connectivity index (χ0n) is 16.7. The van der Waals surface area contributed by atoms with Crippen LogP contribution in [0.15, 0.2) is 30.3 Å². The Kier molecular flexibility index (Phi) is 4.62. The van der Waals surface area contributed by atoms with E-state index in [4.69, 9.17) is 4.74 Å². The Balaban J connectivity index is 1.82. The van der Waals surface area contributed by atoms with E-state index in [0.717, 1.165) is 11.4 Å². The van der Waals surface area contributed by atoms with Crippen LogP contribution in [0.25, 0.3) is 5.95 Å².